The molecule has 3 N–H and O–H groups in total. The van der Waals surface area contributed by atoms with E-state index in [1.165, 1.54) is 30.5 Å². The fraction of sp³-hybridized carbons (Fsp3) is 0.154. The molecule has 0 unspecified atom stereocenters. The molecule has 4 aromatic rings. The number of hydrogen-bond acceptors (Lipinski definition) is 5. The van der Waals surface area contributed by atoms with Crippen molar-refractivity contribution in [3.05, 3.63) is 94.7 Å². The number of carbonyl (C=O) groups is 2. The van der Waals surface area contributed by atoms with Gasteiger partial charge < -0.3 is 4.42 Å². The third-order valence-corrected chi connectivity index (χ3v) is 6.87. The fourth-order valence-electron chi connectivity index (χ4n) is 3.68. The number of rotatable bonds is 6. The molecule has 35 heavy (non-hydrogen) atoms. The summed E-state index contributed by atoms with van der Waals surface area (Å²) in [6.45, 7) is 5.68. The van der Waals surface area contributed by atoms with Crippen LogP contribution in [-0.4, -0.2) is 20.2 Å². The highest BCUT2D eigenvalue weighted by atomic mass is 32.2. The van der Waals surface area contributed by atoms with Crippen molar-refractivity contribution in [3.8, 4) is 0 Å². The van der Waals surface area contributed by atoms with E-state index in [4.69, 9.17) is 4.42 Å². The number of sulfonamides is 1. The minimum absolute atomic E-state index is 0.00454. The van der Waals surface area contributed by atoms with Crippen molar-refractivity contribution in [2.75, 3.05) is 4.72 Å². The Hall–Kier alpha value is -4.11. The maximum atomic E-state index is 12.9. The van der Waals surface area contributed by atoms with Crippen molar-refractivity contribution in [3.63, 3.8) is 0 Å². The molecule has 0 bridgehead atoms. The molecule has 0 atom stereocenters. The number of amides is 2. The average Bonchev–Trinajstić information content (AvgIpc) is 3.21. The average molecular weight is 492 g/mol. The molecular weight excluding hydrogens is 466 g/mol. The maximum absolute atomic E-state index is 12.9. The summed E-state index contributed by atoms with van der Waals surface area (Å²) in [6, 6.07) is 16.6. The van der Waals surface area contributed by atoms with Crippen LogP contribution in [0.4, 0.5) is 5.69 Å². The van der Waals surface area contributed by atoms with Gasteiger partial charge in [-0.3, -0.25) is 25.2 Å². The van der Waals surface area contributed by atoms with Gasteiger partial charge in [0.15, 0.2) is 0 Å². The number of hydrazine groups is 1. The zero-order chi connectivity index (χ0) is 25.2. The standard InChI is InChI=1S/C26H25N3O5S/c1-16-8-10-23(18(3)11-16)29-35(32,33)21-6-4-5-19(13-21)26(31)28-27-25(30)14-20-15-34-24-12-17(2)7-9-22(20)24/h4-13,15,29H,14H2,1-3H3,(H,27,30)(H,28,31). The van der Waals surface area contributed by atoms with Crippen LogP contribution in [0.25, 0.3) is 11.0 Å². The third-order valence-electron chi connectivity index (χ3n) is 5.51. The molecule has 0 radical (unpaired) electrons. The molecule has 0 fully saturated rings. The van der Waals surface area contributed by atoms with E-state index < -0.39 is 21.8 Å². The van der Waals surface area contributed by atoms with E-state index in [1.807, 2.05) is 51.1 Å². The Bertz CT molecular complexity index is 1540. The molecular formula is C26H25N3O5S. The minimum atomic E-state index is -3.92. The van der Waals surface area contributed by atoms with E-state index in [9.17, 15) is 18.0 Å². The molecule has 0 saturated carbocycles. The summed E-state index contributed by atoms with van der Waals surface area (Å²) >= 11 is 0. The predicted octanol–water partition coefficient (Wildman–Crippen LogP) is 4.16. The lowest BCUT2D eigenvalue weighted by molar-refractivity contribution is -0.121. The SMILES string of the molecule is Cc1ccc(NS(=O)(=O)c2cccc(C(=O)NNC(=O)Cc3coc4cc(C)ccc34)c2)c(C)c1. The van der Waals surface area contributed by atoms with Crippen molar-refractivity contribution in [1.29, 1.82) is 0 Å². The first-order valence-corrected chi connectivity index (χ1v) is 12.4. The summed E-state index contributed by atoms with van der Waals surface area (Å²) < 4.78 is 33.8. The Labute approximate surface area is 203 Å². The van der Waals surface area contributed by atoms with Gasteiger partial charge in [-0.1, -0.05) is 35.9 Å². The Balaban J connectivity index is 1.41. The second kappa shape index (κ2) is 9.63. The lowest BCUT2D eigenvalue weighted by Gasteiger charge is -2.12. The molecule has 1 heterocycles. The van der Waals surface area contributed by atoms with E-state index in [0.717, 1.165) is 22.1 Å². The highest BCUT2D eigenvalue weighted by molar-refractivity contribution is 7.92. The number of anilines is 1. The summed E-state index contributed by atoms with van der Waals surface area (Å²) in [4.78, 5) is 24.9. The summed E-state index contributed by atoms with van der Waals surface area (Å²) in [5.74, 6) is -1.09. The van der Waals surface area contributed by atoms with Crippen molar-refractivity contribution in [2.24, 2.45) is 0 Å². The van der Waals surface area contributed by atoms with Crippen LogP contribution in [0.2, 0.25) is 0 Å². The van der Waals surface area contributed by atoms with Gasteiger partial charge in [0.2, 0.25) is 5.91 Å². The number of hydrogen-bond donors (Lipinski definition) is 3. The van der Waals surface area contributed by atoms with Gasteiger partial charge in [0, 0.05) is 16.5 Å². The summed E-state index contributed by atoms with van der Waals surface area (Å²) in [7, 11) is -3.92. The minimum Gasteiger partial charge on any atom is -0.464 e. The highest BCUT2D eigenvalue weighted by Crippen LogP contribution is 2.23. The lowest BCUT2D eigenvalue weighted by Crippen LogP contribution is -2.42. The number of nitrogens with one attached hydrogen (secondary N) is 3. The van der Waals surface area contributed by atoms with Crippen molar-refractivity contribution in [2.45, 2.75) is 32.1 Å². The number of aryl methyl sites for hydroxylation is 3. The number of fused-ring (bicyclic) bond motifs is 1. The van der Waals surface area contributed by atoms with Gasteiger partial charge in [0.1, 0.15) is 5.58 Å². The predicted molar refractivity (Wildman–Crippen MR) is 133 cm³/mol. The van der Waals surface area contributed by atoms with Crippen LogP contribution >= 0.6 is 0 Å². The van der Waals surface area contributed by atoms with Gasteiger partial charge >= 0.3 is 0 Å². The topological polar surface area (TPSA) is 118 Å². The normalized spacial score (nSPS) is 11.3. The summed E-state index contributed by atoms with van der Waals surface area (Å²) in [6.07, 6.45) is 1.52. The highest BCUT2D eigenvalue weighted by Gasteiger charge is 2.18. The smallest absolute Gasteiger partial charge is 0.269 e. The van der Waals surface area contributed by atoms with Crippen molar-refractivity contribution in [1.82, 2.24) is 10.9 Å². The van der Waals surface area contributed by atoms with Gasteiger partial charge in [0.05, 0.1) is 23.3 Å². The van der Waals surface area contributed by atoms with E-state index in [-0.39, 0.29) is 16.9 Å². The van der Waals surface area contributed by atoms with Crippen LogP contribution in [0, 0.1) is 20.8 Å². The fourth-order valence-corrected chi connectivity index (χ4v) is 4.86. The van der Waals surface area contributed by atoms with Crippen LogP contribution in [0.5, 0.6) is 0 Å². The Morgan fingerprint density at radius 3 is 2.40 bits per heavy atom. The molecule has 0 spiro atoms. The Morgan fingerprint density at radius 2 is 1.63 bits per heavy atom. The second-order valence-corrected chi connectivity index (χ2v) is 10.1. The molecule has 2 amide bonds. The molecule has 180 valence electrons. The molecule has 3 aromatic carbocycles. The zero-order valence-corrected chi connectivity index (χ0v) is 20.3. The van der Waals surface area contributed by atoms with E-state index in [0.29, 0.717) is 16.8 Å². The third kappa shape index (κ3) is 5.52. The number of furan rings is 1. The van der Waals surface area contributed by atoms with Crippen LogP contribution in [0.3, 0.4) is 0 Å². The molecule has 4 rings (SSSR count). The molecule has 0 aliphatic carbocycles. The van der Waals surface area contributed by atoms with Crippen LogP contribution in [-0.2, 0) is 21.2 Å². The van der Waals surface area contributed by atoms with Gasteiger partial charge in [-0.2, -0.15) is 0 Å². The summed E-state index contributed by atoms with van der Waals surface area (Å²) in [5, 5.41) is 0.825. The molecule has 9 heteroatoms. The van der Waals surface area contributed by atoms with Gasteiger partial charge in [0.25, 0.3) is 15.9 Å². The number of benzene rings is 3. The molecule has 1 aromatic heterocycles. The lowest BCUT2D eigenvalue weighted by atomic mass is 10.1. The Kier molecular flexibility index (Phi) is 6.61. The first-order valence-electron chi connectivity index (χ1n) is 10.9. The molecule has 0 aliphatic rings. The van der Waals surface area contributed by atoms with Crippen molar-refractivity contribution < 1.29 is 22.4 Å². The monoisotopic (exact) mass is 491 g/mol. The second-order valence-electron chi connectivity index (χ2n) is 8.39. The Morgan fingerprint density at radius 1 is 0.886 bits per heavy atom. The maximum Gasteiger partial charge on any atom is 0.269 e. The quantitative estimate of drug-likeness (QED) is 0.350. The molecule has 0 aliphatic heterocycles. The van der Waals surface area contributed by atoms with Crippen LogP contribution in [0.15, 0.2) is 76.2 Å². The number of carbonyl (C=O) groups excluding carboxylic acids is 2. The van der Waals surface area contributed by atoms with Gasteiger partial charge in [-0.05, 0) is 62.2 Å². The van der Waals surface area contributed by atoms with E-state index in [2.05, 4.69) is 15.6 Å². The summed E-state index contributed by atoms with van der Waals surface area (Å²) in [5.41, 5.74) is 9.45. The van der Waals surface area contributed by atoms with Gasteiger partial charge in [-0.15, -0.1) is 0 Å². The van der Waals surface area contributed by atoms with Crippen molar-refractivity contribution >= 4 is 38.5 Å². The molecule has 0 saturated heterocycles. The largest absolute Gasteiger partial charge is 0.464 e. The van der Waals surface area contributed by atoms with Gasteiger partial charge in [-0.25, -0.2) is 8.42 Å². The van der Waals surface area contributed by atoms with Crippen LogP contribution < -0.4 is 15.6 Å². The van der Waals surface area contributed by atoms with E-state index >= 15 is 0 Å². The first-order chi connectivity index (χ1) is 16.6. The van der Waals surface area contributed by atoms with Crippen LogP contribution in [0.1, 0.15) is 32.6 Å². The first kappa shape index (κ1) is 24.0. The van der Waals surface area contributed by atoms with E-state index in [1.54, 1.807) is 6.07 Å². The zero-order valence-electron chi connectivity index (χ0n) is 19.5. The molecule has 8 nitrogen and oxygen atoms in total.